The Labute approximate surface area is 394 Å². The number of ether oxygens (including phenoxy) is 2. The van der Waals surface area contributed by atoms with Crippen molar-refractivity contribution in [2.24, 2.45) is 0 Å². The van der Waals surface area contributed by atoms with Gasteiger partial charge in [0.05, 0.1) is 6.61 Å². The van der Waals surface area contributed by atoms with Crippen LogP contribution in [0.4, 0.5) is 0 Å². The predicted molar refractivity (Wildman–Crippen MR) is 278 cm³/mol. The fourth-order valence-electron chi connectivity index (χ4n) is 6.84. The van der Waals surface area contributed by atoms with E-state index in [9.17, 15) is 14.7 Å². The van der Waals surface area contributed by atoms with Gasteiger partial charge in [0.2, 0.25) is 0 Å². The molecule has 5 nitrogen and oxygen atoms in total. The molecule has 1 atom stereocenters. The average Bonchev–Trinajstić information content (AvgIpc) is 3.30. The van der Waals surface area contributed by atoms with Crippen molar-refractivity contribution >= 4 is 11.9 Å². The van der Waals surface area contributed by atoms with Crippen molar-refractivity contribution in [1.29, 1.82) is 0 Å². The number of carbonyl (C=O) groups is 2. The second-order valence-corrected chi connectivity index (χ2v) is 16.9. The van der Waals surface area contributed by atoms with Crippen LogP contribution < -0.4 is 0 Å². The van der Waals surface area contributed by atoms with Crippen LogP contribution in [0.3, 0.4) is 0 Å². The van der Waals surface area contributed by atoms with Gasteiger partial charge in [-0.2, -0.15) is 0 Å². The van der Waals surface area contributed by atoms with E-state index in [1.807, 2.05) is 0 Å². The molecule has 64 heavy (non-hydrogen) atoms. The Kier molecular flexibility index (Phi) is 50.5. The molecule has 1 N–H and O–H groups in total. The molecule has 0 aromatic rings. The summed E-state index contributed by atoms with van der Waals surface area (Å²) in [6, 6.07) is 0. The van der Waals surface area contributed by atoms with Gasteiger partial charge in [-0.3, -0.25) is 9.59 Å². The molecule has 0 aromatic heterocycles. The third-order valence-electron chi connectivity index (χ3n) is 10.7. The van der Waals surface area contributed by atoms with E-state index in [2.05, 4.69) is 135 Å². The van der Waals surface area contributed by atoms with E-state index in [1.165, 1.54) is 89.9 Å². The molecule has 0 aliphatic carbocycles. The van der Waals surface area contributed by atoms with Crippen LogP contribution in [0.15, 0.2) is 122 Å². The fraction of sp³-hybridized carbons (Fsp3) is 0.627. The fourth-order valence-corrected chi connectivity index (χ4v) is 6.84. The van der Waals surface area contributed by atoms with Crippen molar-refractivity contribution in [1.82, 2.24) is 0 Å². The van der Waals surface area contributed by atoms with E-state index in [-0.39, 0.29) is 25.2 Å². The van der Waals surface area contributed by atoms with E-state index in [0.717, 1.165) is 103 Å². The number of carbonyl (C=O) groups excluding carboxylic acids is 2. The lowest BCUT2D eigenvalue weighted by molar-refractivity contribution is -0.161. The van der Waals surface area contributed by atoms with Gasteiger partial charge in [0, 0.05) is 12.8 Å². The Morgan fingerprint density at radius 3 is 1.03 bits per heavy atom. The van der Waals surface area contributed by atoms with Crippen LogP contribution in [-0.4, -0.2) is 36.4 Å². The van der Waals surface area contributed by atoms with Crippen LogP contribution in [0, 0.1) is 0 Å². The molecule has 1 unspecified atom stereocenters. The van der Waals surface area contributed by atoms with Gasteiger partial charge in [-0.25, -0.2) is 0 Å². The number of hydrogen-bond acceptors (Lipinski definition) is 5. The lowest BCUT2D eigenvalue weighted by Crippen LogP contribution is -2.28. The van der Waals surface area contributed by atoms with Crippen molar-refractivity contribution in [2.75, 3.05) is 13.2 Å². The molecule has 362 valence electrons. The monoisotopic (exact) mass is 885 g/mol. The summed E-state index contributed by atoms with van der Waals surface area (Å²) in [5, 5.41) is 9.63. The smallest absolute Gasteiger partial charge is 0.306 e. The predicted octanol–water partition coefficient (Wildman–Crippen LogP) is 17.5. The maximum atomic E-state index is 12.3. The van der Waals surface area contributed by atoms with E-state index >= 15 is 0 Å². The zero-order valence-electron chi connectivity index (χ0n) is 41.2. The zero-order valence-corrected chi connectivity index (χ0v) is 41.2. The Morgan fingerprint density at radius 2 is 0.672 bits per heavy atom. The topological polar surface area (TPSA) is 72.8 Å². The number of rotatable bonds is 46. The maximum absolute atomic E-state index is 12.3. The van der Waals surface area contributed by atoms with Crippen LogP contribution in [0.5, 0.6) is 0 Å². The molecule has 0 heterocycles. The van der Waals surface area contributed by atoms with Gasteiger partial charge in [-0.05, 0) is 109 Å². The minimum absolute atomic E-state index is 0.0896. The molecule has 0 amide bonds. The Hall–Kier alpha value is -3.70. The molecular weight excluding hydrogens is 789 g/mol. The summed E-state index contributed by atoms with van der Waals surface area (Å²) in [6.07, 6.45) is 78.6. The first-order valence-electron chi connectivity index (χ1n) is 26.1. The number of aliphatic hydroxyl groups excluding tert-OH is 1. The van der Waals surface area contributed by atoms with E-state index in [0.29, 0.717) is 12.8 Å². The van der Waals surface area contributed by atoms with Crippen LogP contribution in [0.25, 0.3) is 0 Å². The number of esters is 2. The highest BCUT2D eigenvalue weighted by molar-refractivity contribution is 5.70. The second-order valence-electron chi connectivity index (χ2n) is 16.9. The lowest BCUT2D eigenvalue weighted by atomic mass is 10.1. The Morgan fingerprint density at radius 1 is 0.375 bits per heavy atom. The van der Waals surface area contributed by atoms with Gasteiger partial charge < -0.3 is 14.6 Å². The van der Waals surface area contributed by atoms with Crippen LogP contribution >= 0.6 is 0 Å². The third-order valence-corrected chi connectivity index (χ3v) is 10.7. The van der Waals surface area contributed by atoms with Crippen molar-refractivity contribution in [3.8, 4) is 0 Å². The molecule has 0 saturated carbocycles. The first kappa shape index (κ1) is 60.3. The molecular formula is C59H96O5. The van der Waals surface area contributed by atoms with Crippen LogP contribution in [0.2, 0.25) is 0 Å². The summed E-state index contributed by atoms with van der Waals surface area (Å²) < 4.78 is 10.7. The van der Waals surface area contributed by atoms with Gasteiger partial charge in [-0.1, -0.05) is 219 Å². The molecule has 0 aliphatic heterocycles. The van der Waals surface area contributed by atoms with E-state index < -0.39 is 6.10 Å². The van der Waals surface area contributed by atoms with Gasteiger partial charge in [0.15, 0.2) is 6.10 Å². The quantitative estimate of drug-likeness (QED) is 0.0375. The molecule has 0 aliphatic rings. The van der Waals surface area contributed by atoms with Crippen LogP contribution in [0.1, 0.15) is 219 Å². The summed E-state index contributed by atoms with van der Waals surface area (Å²) in [5.41, 5.74) is 0. The van der Waals surface area contributed by atoms with Crippen LogP contribution in [-0.2, 0) is 19.1 Å². The summed E-state index contributed by atoms with van der Waals surface area (Å²) in [4.78, 5) is 24.5. The van der Waals surface area contributed by atoms with Gasteiger partial charge in [0.1, 0.15) is 6.61 Å². The summed E-state index contributed by atoms with van der Waals surface area (Å²) >= 11 is 0. The number of hydrogen-bond donors (Lipinski definition) is 1. The first-order chi connectivity index (χ1) is 31.6. The first-order valence-corrected chi connectivity index (χ1v) is 26.1. The molecule has 0 saturated heterocycles. The highest BCUT2D eigenvalue weighted by Crippen LogP contribution is 2.13. The van der Waals surface area contributed by atoms with E-state index in [4.69, 9.17) is 9.47 Å². The van der Waals surface area contributed by atoms with Gasteiger partial charge >= 0.3 is 11.9 Å². The summed E-state index contributed by atoms with van der Waals surface area (Å²) in [6.45, 7) is 3.98. The molecule has 0 bridgehead atoms. The molecule has 0 aromatic carbocycles. The highest BCUT2D eigenvalue weighted by Gasteiger charge is 2.16. The Bertz CT molecular complexity index is 1320. The molecule has 0 radical (unpaired) electrons. The van der Waals surface area contributed by atoms with Crippen molar-refractivity contribution < 1.29 is 24.2 Å². The van der Waals surface area contributed by atoms with Crippen molar-refractivity contribution in [2.45, 2.75) is 225 Å². The summed E-state index contributed by atoms with van der Waals surface area (Å²) in [5.74, 6) is -0.641. The number of aliphatic hydroxyl groups is 1. The molecule has 5 heteroatoms. The maximum Gasteiger partial charge on any atom is 0.306 e. The SMILES string of the molecule is CC/C=C\C/C=C\C/C=C\C/C=C\C/C=C\C/C=C\C/C=C\CCCCCC(=O)OC(CO)COC(=O)CCCCCCCCCCCC/C=C\C/C=C\C/C=C\CCCCCCC. The minimum Gasteiger partial charge on any atom is -0.462 e. The van der Waals surface area contributed by atoms with Gasteiger partial charge in [-0.15, -0.1) is 0 Å². The normalized spacial score (nSPS) is 13.2. The molecule has 0 rings (SSSR count). The number of unbranched alkanes of at least 4 members (excludes halogenated alkanes) is 18. The average molecular weight is 885 g/mol. The third kappa shape index (κ3) is 50.9. The van der Waals surface area contributed by atoms with Gasteiger partial charge in [0.25, 0.3) is 0 Å². The zero-order chi connectivity index (χ0) is 46.3. The molecule has 0 spiro atoms. The number of allylic oxidation sites excluding steroid dienone is 20. The second kappa shape index (κ2) is 53.6. The highest BCUT2D eigenvalue weighted by atomic mass is 16.6. The largest absolute Gasteiger partial charge is 0.462 e. The summed E-state index contributed by atoms with van der Waals surface area (Å²) in [7, 11) is 0. The van der Waals surface area contributed by atoms with E-state index in [1.54, 1.807) is 0 Å². The lowest BCUT2D eigenvalue weighted by Gasteiger charge is -2.15. The van der Waals surface area contributed by atoms with Crippen molar-refractivity contribution in [3.05, 3.63) is 122 Å². The Balaban J connectivity index is 3.64. The standard InChI is InChI=1S/C59H96O5/c1-3-5-7-9-11-13-15-17-19-21-23-25-27-29-31-33-35-37-39-41-43-45-47-49-51-53-58(61)63-56-57(55-60)64-59(62)54-52-50-48-46-44-42-40-38-36-34-32-30-28-26-24-22-20-18-16-14-12-10-8-6-4-2/h6,8,12,14-15,17-18,20-21,23-24,26-27,29-30,32,36,38,42,44,57,60H,3-5,7,9-11,13,16,19,22,25,28,31,33-35,37,39-41,43,45-56H2,1-2H3/b8-6-,14-12-,17-15-,20-18-,23-21-,26-24-,29-27-,32-30-,38-36-,44-42-. The van der Waals surface area contributed by atoms with Crippen molar-refractivity contribution in [3.63, 3.8) is 0 Å². The minimum atomic E-state index is -0.801. The molecule has 0 fully saturated rings.